The molecule has 0 amide bonds. The molecular weight excluding hydrogens is 254 g/mol. The van der Waals surface area contributed by atoms with Gasteiger partial charge in [-0.05, 0) is 44.9 Å². The van der Waals surface area contributed by atoms with E-state index in [0.29, 0.717) is 12.6 Å². The highest BCUT2D eigenvalue weighted by molar-refractivity contribution is 5.11. The van der Waals surface area contributed by atoms with E-state index in [2.05, 4.69) is 10.3 Å². The molecule has 1 fully saturated rings. The minimum Gasteiger partial charge on any atom is -0.463 e. The van der Waals surface area contributed by atoms with Gasteiger partial charge in [0, 0.05) is 17.4 Å². The largest absolute Gasteiger partial charge is 0.463 e. The summed E-state index contributed by atoms with van der Waals surface area (Å²) in [5, 5.41) is 3.41. The minimum absolute atomic E-state index is 0.225. The quantitative estimate of drug-likeness (QED) is 0.901. The lowest BCUT2D eigenvalue weighted by Crippen LogP contribution is -2.25. The molecule has 1 saturated carbocycles. The van der Waals surface area contributed by atoms with Gasteiger partial charge < -0.3 is 9.73 Å². The molecule has 0 aromatic carbocycles. The third kappa shape index (κ3) is 2.99. The van der Waals surface area contributed by atoms with Crippen molar-refractivity contribution in [3.05, 3.63) is 51.6 Å². The molecule has 5 heteroatoms. The van der Waals surface area contributed by atoms with Gasteiger partial charge >= 0.3 is 5.69 Å². The average molecular weight is 273 g/mol. The Kier molecular flexibility index (Phi) is 3.44. The van der Waals surface area contributed by atoms with Crippen molar-refractivity contribution in [3.8, 4) is 0 Å². The predicted molar refractivity (Wildman–Crippen MR) is 75.6 cm³/mol. The van der Waals surface area contributed by atoms with E-state index in [1.807, 2.05) is 32.0 Å². The molecule has 2 aromatic heterocycles. The van der Waals surface area contributed by atoms with Gasteiger partial charge in [0.15, 0.2) is 0 Å². The van der Waals surface area contributed by atoms with Crippen LogP contribution >= 0.6 is 0 Å². The summed E-state index contributed by atoms with van der Waals surface area (Å²) in [4.78, 5) is 15.9. The van der Waals surface area contributed by atoms with Crippen LogP contribution in [-0.2, 0) is 13.1 Å². The van der Waals surface area contributed by atoms with Gasteiger partial charge in [-0.2, -0.15) is 4.98 Å². The van der Waals surface area contributed by atoms with E-state index in [4.69, 9.17) is 4.42 Å². The first-order valence-electron chi connectivity index (χ1n) is 6.98. The fourth-order valence-corrected chi connectivity index (χ4v) is 2.26. The third-order valence-electron chi connectivity index (χ3n) is 3.52. The number of aromatic nitrogens is 2. The average Bonchev–Trinajstić information content (AvgIpc) is 3.11. The van der Waals surface area contributed by atoms with E-state index in [1.54, 1.807) is 4.57 Å². The maximum atomic E-state index is 11.9. The molecule has 0 radical (unpaired) electrons. The maximum absolute atomic E-state index is 11.9. The van der Waals surface area contributed by atoms with Crippen LogP contribution in [0.3, 0.4) is 0 Å². The van der Waals surface area contributed by atoms with Crippen LogP contribution in [0.4, 0.5) is 0 Å². The second kappa shape index (κ2) is 5.25. The second-order valence-corrected chi connectivity index (χ2v) is 5.43. The van der Waals surface area contributed by atoms with E-state index in [0.717, 1.165) is 29.5 Å². The zero-order valence-electron chi connectivity index (χ0n) is 11.8. The molecule has 5 nitrogen and oxygen atoms in total. The molecule has 3 rings (SSSR count). The van der Waals surface area contributed by atoms with Crippen molar-refractivity contribution in [2.24, 2.45) is 0 Å². The molecule has 2 aromatic rings. The molecule has 0 spiro atoms. The van der Waals surface area contributed by atoms with Crippen molar-refractivity contribution in [1.82, 2.24) is 14.9 Å². The van der Waals surface area contributed by atoms with Crippen LogP contribution in [0.2, 0.25) is 0 Å². The number of furan rings is 1. The molecule has 1 aliphatic rings. The van der Waals surface area contributed by atoms with Gasteiger partial charge in [0.05, 0.1) is 13.1 Å². The summed E-state index contributed by atoms with van der Waals surface area (Å²) in [6, 6.07) is 6.46. The van der Waals surface area contributed by atoms with E-state index < -0.39 is 0 Å². The first kappa shape index (κ1) is 13.1. The summed E-state index contributed by atoms with van der Waals surface area (Å²) in [7, 11) is 0. The minimum atomic E-state index is -0.225. The molecule has 106 valence electrons. The topological polar surface area (TPSA) is 60.1 Å². The van der Waals surface area contributed by atoms with Gasteiger partial charge in [0.25, 0.3) is 0 Å². The summed E-state index contributed by atoms with van der Waals surface area (Å²) in [5.74, 6) is 1.70. The number of nitrogens with zero attached hydrogens (tertiary/aromatic N) is 2. The highest BCUT2D eigenvalue weighted by Gasteiger charge is 2.20. The van der Waals surface area contributed by atoms with Crippen molar-refractivity contribution in [2.45, 2.75) is 45.8 Å². The normalized spacial score (nSPS) is 14.7. The molecule has 0 aliphatic heterocycles. The highest BCUT2D eigenvalue weighted by Crippen LogP contribution is 2.19. The molecule has 0 unspecified atom stereocenters. The predicted octanol–water partition coefficient (Wildman–Crippen LogP) is 1.75. The Hall–Kier alpha value is -1.88. The monoisotopic (exact) mass is 273 g/mol. The Morgan fingerprint density at radius 1 is 1.35 bits per heavy atom. The summed E-state index contributed by atoms with van der Waals surface area (Å²) in [6.45, 7) is 4.92. The summed E-state index contributed by atoms with van der Waals surface area (Å²) in [6.07, 6.45) is 2.52. The summed E-state index contributed by atoms with van der Waals surface area (Å²) >= 11 is 0. The van der Waals surface area contributed by atoms with Gasteiger partial charge in [0.1, 0.15) is 11.5 Å². The zero-order valence-corrected chi connectivity index (χ0v) is 11.8. The summed E-state index contributed by atoms with van der Waals surface area (Å²) in [5.41, 5.74) is 1.42. The van der Waals surface area contributed by atoms with Gasteiger partial charge in [-0.3, -0.25) is 4.57 Å². The lowest BCUT2D eigenvalue weighted by Gasteiger charge is -2.07. The second-order valence-electron chi connectivity index (χ2n) is 5.43. The lowest BCUT2D eigenvalue weighted by molar-refractivity contribution is 0.432. The molecule has 2 heterocycles. The van der Waals surface area contributed by atoms with E-state index in [-0.39, 0.29) is 5.69 Å². The molecule has 0 atom stereocenters. The number of aryl methyl sites for hydroxylation is 2. The van der Waals surface area contributed by atoms with Crippen LogP contribution in [0, 0.1) is 13.8 Å². The molecule has 1 aliphatic carbocycles. The number of hydrogen-bond donors (Lipinski definition) is 1. The van der Waals surface area contributed by atoms with Gasteiger partial charge in [-0.25, -0.2) is 4.79 Å². The zero-order chi connectivity index (χ0) is 14.1. The first-order chi connectivity index (χ1) is 9.61. The molecule has 1 N–H and O–H groups in total. The Balaban J connectivity index is 1.72. The Labute approximate surface area is 117 Å². The Morgan fingerprint density at radius 2 is 2.10 bits per heavy atom. The number of hydrogen-bond acceptors (Lipinski definition) is 4. The fourth-order valence-electron chi connectivity index (χ4n) is 2.26. The van der Waals surface area contributed by atoms with E-state index >= 15 is 0 Å². The van der Waals surface area contributed by atoms with Crippen molar-refractivity contribution in [2.75, 3.05) is 0 Å². The first-order valence-corrected chi connectivity index (χ1v) is 6.98. The maximum Gasteiger partial charge on any atom is 0.348 e. The van der Waals surface area contributed by atoms with Gasteiger partial charge in [-0.15, -0.1) is 0 Å². The van der Waals surface area contributed by atoms with Crippen molar-refractivity contribution in [1.29, 1.82) is 0 Å². The number of nitrogens with one attached hydrogen (secondary N) is 1. The van der Waals surface area contributed by atoms with Crippen LogP contribution in [-0.4, -0.2) is 15.6 Å². The highest BCUT2D eigenvalue weighted by atomic mass is 16.3. The Bertz CT molecular complexity index is 668. The number of rotatable bonds is 5. The molecule has 0 bridgehead atoms. The van der Waals surface area contributed by atoms with Crippen LogP contribution < -0.4 is 11.0 Å². The standard InChI is InChI=1S/C15H19N3O2/c1-10-7-11(2)18(15(19)17-10)9-14-6-5-13(20-14)8-16-12-3-4-12/h5-7,12,16H,3-4,8-9H2,1-2H3. The van der Waals surface area contributed by atoms with Crippen molar-refractivity contribution < 1.29 is 4.42 Å². The summed E-state index contributed by atoms with van der Waals surface area (Å²) < 4.78 is 7.38. The fraction of sp³-hybridized carbons (Fsp3) is 0.467. The van der Waals surface area contributed by atoms with Gasteiger partial charge in [0.2, 0.25) is 0 Å². The molecule has 0 saturated heterocycles. The van der Waals surface area contributed by atoms with Crippen LogP contribution in [0.15, 0.2) is 27.4 Å². The lowest BCUT2D eigenvalue weighted by atomic mass is 10.3. The van der Waals surface area contributed by atoms with Crippen LogP contribution in [0.1, 0.15) is 35.7 Å². The van der Waals surface area contributed by atoms with Crippen molar-refractivity contribution in [3.63, 3.8) is 0 Å². The van der Waals surface area contributed by atoms with E-state index in [9.17, 15) is 4.79 Å². The Morgan fingerprint density at radius 3 is 2.80 bits per heavy atom. The van der Waals surface area contributed by atoms with E-state index in [1.165, 1.54) is 12.8 Å². The SMILES string of the molecule is Cc1cc(C)n(Cc2ccc(CNC3CC3)o2)c(=O)n1. The van der Waals surface area contributed by atoms with Gasteiger partial charge in [-0.1, -0.05) is 0 Å². The van der Waals surface area contributed by atoms with Crippen molar-refractivity contribution >= 4 is 0 Å². The third-order valence-corrected chi connectivity index (χ3v) is 3.52. The molecular formula is C15H19N3O2. The van der Waals surface area contributed by atoms with Crippen LogP contribution in [0.5, 0.6) is 0 Å². The smallest absolute Gasteiger partial charge is 0.348 e. The molecule has 20 heavy (non-hydrogen) atoms. The van der Waals surface area contributed by atoms with Crippen LogP contribution in [0.25, 0.3) is 0 Å².